The first-order chi connectivity index (χ1) is 18.4. The Kier molecular flexibility index (Phi) is 7.93. The highest BCUT2D eigenvalue weighted by Gasteiger charge is 2.51. The number of aryl methyl sites for hydroxylation is 1. The van der Waals surface area contributed by atoms with Gasteiger partial charge in [0.05, 0.1) is 5.41 Å². The maximum atomic E-state index is 12.6. The molecule has 0 bridgehead atoms. The number of carbonyl (C=O) groups excluding carboxylic acids is 1. The van der Waals surface area contributed by atoms with Crippen molar-refractivity contribution in [3.63, 3.8) is 0 Å². The molecule has 1 heterocycles. The van der Waals surface area contributed by atoms with Gasteiger partial charge in [0.2, 0.25) is 0 Å². The first-order valence-corrected chi connectivity index (χ1v) is 12.3. The van der Waals surface area contributed by atoms with E-state index in [4.69, 9.17) is 14.4 Å². The van der Waals surface area contributed by atoms with Gasteiger partial charge in [-0.1, -0.05) is 84.0 Å². The minimum absolute atomic E-state index is 0.411. The Labute approximate surface area is 220 Å². The van der Waals surface area contributed by atoms with Gasteiger partial charge in [0.1, 0.15) is 17.5 Å². The van der Waals surface area contributed by atoms with E-state index in [1.165, 1.54) is 0 Å². The monoisotopic (exact) mass is 514 g/mol. The maximum absolute atomic E-state index is 12.6. The van der Waals surface area contributed by atoms with Crippen LogP contribution in [-0.4, -0.2) is 34.5 Å². The van der Waals surface area contributed by atoms with E-state index >= 15 is 0 Å². The van der Waals surface area contributed by atoms with Crippen molar-refractivity contribution >= 4 is 17.7 Å². The number of hydrogen-bond acceptors (Lipinski definition) is 6. The molecule has 8 nitrogen and oxygen atoms in total. The molecule has 38 heavy (non-hydrogen) atoms. The Balaban J connectivity index is 0.00000164. The molecule has 3 N–H and O–H groups in total. The van der Waals surface area contributed by atoms with Crippen molar-refractivity contribution < 1.29 is 29.1 Å². The lowest BCUT2D eigenvalue weighted by Gasteiger charge is -2.14. The number of nitrogens with zero attached hydrogens (tertiary/aromatic N) is 1. The van der Waals surface area contributed by atoms with E-state index in [1.807, 2.05) is 85.8 Å². The summed E-state index contributed by atoms with van der Waals surface area (Å²) in [6.07, 6.45) is 0.362. The summed E-state index contributed by atoms with van der Waals surface area (Å²) in [4.78, 5) is 24.2. The van der Waals surface area contributed by atoms with Crippen molar-refractivity contribution in [2.75, 3.05) is 12.4 Å². The fourth-order valence-electron chi connectivity index (χ4n) is 4.34. The summed E-state index contributed by atoms with van der Waals surface area (Å²) in [5.74, 6) is -0.319. The van der Waals surface area contributed by atoms with Gasteiger partial charge in [0.25, 0.3) is 0 Å². The van der Waals surface area contributed by atoms with Crippen LogP contribution in [0.4, 0.5) is 10.5 Å². The van der Waals surface area contributed by atoms with Crippen LogP contribution in [0.25, 0.3) is 22.5 Å². The van der Waals surface area contributed by atoms with Crippen molar-refractivity contribution in [3.05, 3.63) is 95.7 Å². The summed E-state index contributed by atoms with van der Waals surface area (Å²) in [6.45, 7) is 3.57. The van der Waals surface area contributed by atoms with Gasteiger partial charge in [-0.25, -0.2) is 4.79 Å². The largest absolute Gasteiger partial charge is 0.481 e. The summed E-state index contributed by atoms with van der Waals surface area (Å²) < 4.78 is 11.1. The Morgan fingerprint density at radius 2 is 1.47 bits per heavy atom. The zero-order valence-electron chi connectivity index (χ0n) is 21.5. The first-order valence-electron chi connectivity index (χ1n) is 12.3. The normalized spacial score (nSPS) is 14.0. The molecule has 0 spiro atoms. The molecule has 1 aliphatic rings. The summed E-state index contributed by atoms with van der Waals surface area (Å²) >= 11 is 0. The number of anilines is 1. The van der Waals surface area contributed by atoms with Gasteiger partial charge < -0.3 is 19.5 Å². The number of aromatic nitrogens is 1. The fraction of sp³-hybridized carbons (Fsp3) is 0.233. The number of aliphatic hydroxyl groups excluding tert-OH is 1. The molecule has 0 radical (unpaired) electrons. The lowest BCUT2D eigenvalue weighted by Crippen LogP contribution is -2.19. The van der Waals surface area contributed by atoms with Crippen LogP contribution in [0.5, 0.6) is 0 Å². The van der Waals surface area contributed by atoms with E-state index in [1.54, 1.807) is 6.92 Å². The van der Waals surface area contributed by atoms with Crippen molar-refractivity contribution in [1.29, 1.82) is 0 Å². The molecule has 1 saturated carbocycles. The van der Waals surface area contributed by atoms with Crippen LogP contribution in [0, 0.1) is 6.92 Å². The van der Waals surface area contributed by atoms with Crippen LogP contribution in [0.15, 0.2) is 83.4 Å². The Morgan fingerprint density at radius 3 is 2.03 bits per heavy atom. The van der Waals surface area contributed by atoms with Crippen molar-refractivity contribution in [2.24, 2.45) is 0 Å². The molecule has 0 aliphatic heterocycles. The van der Waals surface area contributed by atoms with Gasteiger partial charge in [0.15, 0.2) is 5.76 Å². The first kappa shape index (κ1) is 26.6. The third-order valence-electron chi connectivity index (χ3n) is 6.72. The molecule has 1 atom stereocenters. The molecular formula is C30H30N2O6. The quantitative estimate of drug-likeness (QED) is 0.263. The molecular weight excluding hydrogens is 484 g/mol. The number of aliphatic carboxylic acids is 1. The molecule has 0 saturated heterocycles. The van der Waals surface area contributed by atoms with Gasteiger partial charge in [0, 0.05) is 12.7 Å². The lowest BCUT2D eigenvalue weighted by molar-refractivity contribution is -0.140. The summed E-state index contributed by atoms with van der Waals surface area (Å²) in [5, 5.41) is 23.3. The number of ether oxygens (including phenoxy) is 1. The molecule has 0 unspecified atom stereocenters. The van der Waals surface area contributed by atoms with Crippen LogP contribution >= 0.6 is 0 Å². The second-order valence-corrected chi connectivity index (χ2v) is 9.10. The highest BCUT2D eigenvalue weighted by molar-refractivity contribution is 5.91. The second-order valence-electron chi connectivity index (χ2n) is 9.10. The Hall–Kier alpha value is -4.43. The fourth-order valence-corrected chi connectivity index (χ4v) is 4.34. The molecule has 1 amide bonds. The van der Waals surface area contributed by atoms with Crippen LogP contribution in [-0.2, 0) is 14.9 Å². The SMILES string of the molecule is CO.Cc1noc(-c2ccc(-c3ccc(C4(C(=O)O)CC4)cc3)cc2)c1NC(=O)O[C@H](C)c1ccccc1. The topological polar surface area (TPSA) is 122 Å². The lowest BCUT2D eigenvalue weighted by atomic mass is 9.93. The highest BCUT2D eigenvalue weighted by atomic mass is 16.6. The van der Waals surface area contributed by atoms with E-state index in [0.29, 0.717) is 30.0 Å². The molecule has 8 heteroatoms. The molecule has 1 aromatic heterocycles. The average molecular weight is 515 g/mol. The second kappa shape index (κ2) is 11.3. The number of carbonyl (C=O) groups is 2. The van der Waals surface area contributed by atoms with Gasteiger partial charge in [-0.2, -0.15) is 0 Å². The van der Waals surface area contributed by atoms with E-state index in [-0.39, 0.29) is 0 Å². The molecule has 3 aromatic carbocycles. The van der Waals surface area contributed by atoms with E-state index in [2.05, 4.69) is 10.5 Å². The number of amides is 1. The van der Waals surface area contributed by atoms with Gasteiger partial charge in [-0.05, 0) is 48.9 Å². The number of rotatable bonds is 7. The molecule has 5 rings (SSSR count). The number of hydrogen-bond donors (Lipinski definition) is 3. The number of carboxylic acids is 1. The third-order valence-corrected chi connectivity index (χ3v) is 6.72. The minimum atomic E-state index is -0.759. The van der Waals surface area contributed by atoms with Crippen LogP contribution in [0.2, 0.25) is 0 Å². The smallest absolute Gasteiger partial charge is 0.412 e. The predicted octanol–water partition coefficient (Wildman–Crippen LogP) is 6.35. The highest BCUT2D eigenvalue weighted by Crippen LogP contribution is 2.48. The van der Waals surface area contributed by atoms with Gasteiger partial charge >= 0.3 is 12.1 Å². The predicted molar refractivity (Wildman–Crippen MR) is 144 cm³/mol. The zero-order valence-corrected chi connectivity index (χ0v) is 21.5. The van der Waals surface area contributed by atoms with Crippen molar-refractivity contribution in [1.82, 2.24) is 5.16 Å². The van der Waals surface area contributed by atoms with Gasteiger partial charge in [-0.15, -0.1) is 0 Å². The van der Waals surface area contributed by atoms with E-state index in [0.717, 1.165) is 34.9 Å². The van der Waals surface area contributed by atoms with E-state index < -0.39 is 23.6 Å². The summed E-state index contributed by atoms with van der Waals surface area (Å²) in [6, 6.07) is 24.9. The molecule has 1 fully saturated rings. The number of benzene rings is 3. The Bertz CT molecular complexity index is 1390. The van der Waals surface area contributed by atoms with Gasteiger partial charge in [-0.3, -0.25) is 10.1 Å². The number of aliphatic hydroxyl groups is 1. The summed E-state index contributed by atoms with van der Waals surface area (Å²) in [5.41, 5.74) is 4.75. The van der Waals surface area contributed by atoms with Crippen molar-refractivity contribution in [3.8, 4) is 22.5 Å². The maximum Gasteiger partial charge on any atom is 0.412 e. The number of carboxylic acid groups (broad SMARTS) is 1. The van der Waals surface area contributed by atoms with Crippen molar-refractivity contribution in [2.45, 2.75) is 38.2 Å². The Morgan fingerprint density at radius 1 is 0.921 bits per heavy atom. The molecule has 1 aliphatic carbocycles. The molecule has 196 valence electrons. The van der Waals surface area contributed by atoms with Crippen LogP contribution < -0.4 is 5.32 Å². The van der Waals surface area contributed by atoms with Crippen LogP contribution in [0.3, 0.4) is 0 Å². The van der Waals surface area contributed by atoms with Crippen LogP contribution in [0.1, 0.15) is 42.7 Å². The van der Waals surface area contributed by atoms with E-state index in [9.17, 15) is 14.7 Å². The zero-order chi connectivity index (χ0) is 27.3. The number of nitrogens with one attached hydrogen (secondary N) is 1. The third kappa shape index (κ3) is 5.45. The summed E-state index contributed by atoms with van der Waals surface area (Å²) in [7, 11) is 1.00. The molecule has 4 aromatic rings. The average Bonchev–Trinajstić information content (AvgIpc) is 3.70. The standard InChI is InChI=1S/C29H26N2O5.CH4O/c1-18-25(30-28(34)35-19(2)20-6-4-3-5-7-20)26(36-31-18)23-10-8-21(9-11-23)22-12-14-24(15-13-22)29(16-17-29)27(32)33;1-2/h3-15,19H,16-17H2,1-2H3,(H,30,34)(H,32,33);2H,1H3/t19-;/m1./s1. The minimum Gasteiger partial charge on any atom is -0.481 e.